The molecule has 5 amide bonds. The maximum atomic E-state index is 14.2. The van der Waals surface area contributed by atoms with Crippen LogP contribution in [0.2, 0.25) is 0 Å². The van der Waals surface area contributed by atoms with Crippen LogP contribution in [0.1, 0.15) is 97.5 Å². The number of nitrogens with one attached hydrogen (secondary N) is 4. The first kappa shape index (κ1) is 50.0. The van der Waals surface area contributed by atoms with Crippen molar-refractivity contribution in [2.75, 3.05) is 18.4 Å². The van der Waals surface area contributed by atoms with E-state index in [9.17, 15) is 44.5 Å². The Morgan fingerprint density at radius 1 is 0.915 bits per heavy atom. The molecule has 1 unspecified atom stereocenters. The van der Waals surface area contributed by atoms with Gasteiger partial charge in [-0.2, -0.15) is 0 Å². The average Bonchev–Trinajstić information content (AvgIpc) is 3.69. The molecule has 0 bridgehead atoms. The van der Waals surface area contributed by atoms with Crippen LogP contribution in [0.4, 0.5) is 0 Å². The molecule has 1 aliphatic rings. The number of aliphatic imine (C=N–C) groups is 1. The SMILES string of the molecule is CC[C@H](C)[C@@H](NC(=O)[C@@H](Cc1ccc(O)cc1)NC(=O)[C@H]1CCCN1C(=O)[C@@H](CCCN=C(N)N)NC(=O)C(CCCCCBr)N=[N+]=[N-])C(=O)N[C@H](CC(C)C)C(=O)O. The maximum Gasteiger partial charge on any atom is 0.326 e. The van der Waals surface area contributed by atoms with E-state index >= 15 is 0 Å². The van der Waals surface area contributed by atoms with Crippen LogP contribution in [0.3, 0.4) is 0 Å². The zero-order valence-corrected chi connectivity index (χ0v) is 36.0. The lowest BCUT2D eigenvalue weighted by molar-refractivity contribution is -0.143. The molecule has 1 fully saturated rings. The second-order valence-corrected chi connectivity index (χ2v) is 16.1. The number of alkyl halides is 1. The Morgan fingerprint density at radius 2 is 1.59 bits per heavy atom. The molecule has 1 aliphatic heterocycles. The number of carbonyl (C=O) groups excluding carboxylic acids is 5. The fourth-order valence-corrected chi connectivity index (χ4v) is 7.10. The van der Waals surface area contributed by atoms with E-state index < -0.39 is 77.7 Å². The van der Waals surface area contributed by atoms with Crippen molar-refractivity contribution in [1.29, 1.82) is 0 Å². The molecule has 0 radical (unpaired) electrons. The lowest BCUT2D eigenvalue weighted by Crippen LogP contribution is -2.60. The predicted octanol–water partition coefficient (Wildman–Crippen LogP) is 2.73. The van der Waals surface area contributed by atoms with E-state index in [-0.39, 0.29) is 62.8 Å². The van der Waals surface area contributed by atoms with Gasteiger partial charge >= 0.3 is 5.97 Å². The molecule has 2 rings (SSSR count). The number of carboxylic acid groups (broad SMARTS) is 1. The van der Waals surface area contributed by atoms with E-state index in [4.69, 9.17) is 11.5 Å². The summed E-state index contributed by atoms with van der Waals surface area (Å²) in [5.74, 6) is -5.06. The van der Waals surface area contributed by atoms with E-state index in [1.807, 2.05) is 20.8 Å². The molecular weight excluding hydrogens is 830 g/mol. The van der Waals surface area contributed by atoms with Gasteiger partial charge in [-0.15, -0.1) is 0 Å². The van der Waals surface area contributed by atoms with Crippen LogP contribution >= 0.6 is 15.9 Å². The zero-order chi connectivity index (χ0) is 44.1. The van der Waals surface area contributed by atoms with E-state index in [0.29, 0.717) is 31.2 Å². The number of nitrogens with two attached hydrogens (primary N) is 2. The molecule has 59 heavy (non-hydrogen) atoms. The van der Waals surface area contributed by atoms with Crippen LogP contribution in [0.25, 0.3) is 10.4 Å². The number of nitrogens with zero attached hydrogens (tertiary/aromatic N) is 5. The topological polar surface area (TPSA) is 307 Å². The Bertz CT molecular complexity index is 1640. The minimum Gasteiger partial charge on any atom is -0.508 e. The molecule has 7 atom stereocenters. The number of phenolic OH excluding ortho intramolecular Hbond substituents is 1. The number of carbonyl (C=O) groups is 6. The molecule has 0 spiro atoms. The number of benzene rings is 1. The highest BCUT2D eigenvalue weighted by molar-refractivity contribution is 9.09. The van der Waals surface area contributed by atoms with E-state index in [1.165, 1.54) is 17.0 Å². The minimum atomic E-state index is -1.26. The number of hydrogen-bond donors (Lipinski definition) is 8. The number of carboxylic acids is 1. The quantitative estimate of drug-likeness (QED) is 0.0128. The molecule has 0 aliphatic carbocycles. The molecule has 0 aromatic heterocycles. The second-order valence-electron chi connectivity index (χ2n) is 15.3. The molecule has 19 nitrogen and oxygen atoms in total. The van der Waals surface area contributed by atoms with Crippen LogP contribution in [-0.4, -0.2) is 111 Å². The predicted molar refractivity (Wildman–Crippen MR) is 226 cm³/mol. The van der Waals surface area contributed by atoms with Crippen molar-refractivity contribution in [1.82, 2.24) is 26.2 Å². The summed E-state index contributed by atoms with van der Waals surface area (Å²) in [4.78, 5) is 89.5. The van der Waals surface area contributed by atoms with Gasteiger partial charge in [-0.3, -0.25) is 29.0 Å². The van der Waals surface area contributed by atoms with Crippen LogP contribution < -0.4 is 32.7 Å². The Morgan fingerprint density at radius 3 is 2.19 bits per heavy atom. The lowest BCUT2D eigenvalue weighted by atomic mass is 9.96. The highest BCUT2D eigenvalue weighted by Gasteiger charge is 2.40. The Kier molecular flexibility index (Phi) is 22.1. The van der Waals surface area contributed by atoms with Crippen molar-refractivity contribution < 1.29 is 39.0 Å². The van der Waals surface area contributed by atoms with Crippen molar-refractivity contribution >= 4 is 57.4 Å². The first-order valence-corrected chi connectivity index (χ1v) is 21.3. The third-order valence-corrected chi connectivity index (χ3v) is 10.7. The van der Waals surface area contributed by atoms with Crippen LogP contribution in [0, 0.1) is 11.8 Å². The van der Waals surface area contributed by atoms with Crippen molar-refractivity contribution in [2.45, 2.75) is 135 Å². The lowest BCUT2D eigenvalue weighted by Gasteiger charge is -2.31. The fourth-order valence-electron chi connectivity index (χ4n) is 6.70. The summed E-state index contributed by atoms with van der Waals surface area (Å²) in [6.45, 7) is 7.55. The number of unbranched alkanes of at least 4 members (excludes halogenated alkanes) is 2. The third-order valence-electron chi connectivity index (χ3n) is 10.1. The third kappa shape index (κ3) is 17.3. The first-order chi connectivity index (χ1) is 28.0. The van der Waals surface area contributed by atoms with E-state index in [1.54, 1.807) is 19.1 Å². The summed E-state index contributed by atoms with van der Waals surface area (Å²) < 4.78 is 0. The largest absolute Gasteiger partial charge is 0.508 e. The number of aromatic hydroxyl groups is 1. The fraction of sp³-hybridized carbons (Fsp3) is 0.667. The van der Waals surface area contributed by atoms with Gasteiger partial charge in [-0.1, -0.05) is 80.1 Å². The van der Waals surface area contributed by atoms with Gasteiger partial charge in [0.15, 0.2) is 5.96 Å². The van der Waals surface area contributed by atoms with Gasteiger partial charge in [0, 0.05) is 29.8 Å². The highest BCUT2D eigenvalue weighted by Crippen LogP contribution is 2.22. The summed E-state index contributed by atoms with van der Waals surface area (Å²) >= 11 is 3.37. The number of guanidine groups is 1. The zero-order valence-electron chi connectivity index (χ0n) is 34.4. The molecule has 1 aromatic rings. The molecule has 20 heteroatoms. The number of likely N-dealkylation sites (tertiary alicyclic amines) is 1. The average molecular weight is 893 g/mol. The number of phenols is 1. The molecule has 0 saturated carbocycles. The molecule has 10 N–H and O–H groups in total. The molecular formula is C39H62BrN11O8. The number of hydrogen-bond acceptors (Lipinski definition) is 9. The number of amides is 5. The van der Waals surface area contributed by atoms with Crippen LogP contribution in [0.5, 0.6) is 5.75 Å². The van der Waals surface area contributed by atoms with E-state index in [0.717, 1.165) is 18.2 Å². The molecule has 1 saturated heterocycles. The van der Waals surface area contributed by atoms with Crippen molar-refractivity contribution in [3.63, 3.8) is 0 Å². The van der Waals surface area contributed by atoms with Gasteiger partial charge in [0.2, 0.25) is 29.5 Å². The van der Waals surface area contributed by atoms with Crippen LogP contribution in [0.15, 0.2) is 34.4 Å². The number of halogens is 1. The summed E-state index contributed by atoms with van der Waals surface area (Å²) in [6, 6.07) is -0.800. The van der Waals surface area contributed by atoms with Gasteiger partial charge in [-0.05, 0) is 80.0 Å². The number of rotatable bonds is 26. The highest BCUT2D eigenvalue weighted by atomic mass is 79.9. The monoisotopic (exact) mass is 891 g/mol. The molecule has 1 heterocycles. The van der Waals surface area contributed by atoms with Crippen molar-refractivity contribution in [2.24, 2.45) is 33.4 Å². The second kappa shape index (κ2) is 26.1. The Hall–Kier alpha value is -5.10. The normalized spacial score (nSPS) is 16.6. The summed E-state index contributed by atoms with van der Waals surface area (Å²) in [6.07, 6.45) is 4.21. The molecule has 1 aromatic carbocycles. The van der Waals surface area contributed by atoms with Gasteiger partial charge < -0.3 is 47.8 Å². The Balaban J connectivity index is 2.40. The standard InChI is InChI=1S/C39H62BrN11O8/c1-5-24(4)32(36(56)47-30(38(58)59)21-23(2)3)48-34(54)29(22-25-14-16-26(52)17-15-25)46-35(55)31-13-10-20-51(31)37(57)28(12-9-19-44-39(41)42)45-33(53)27(49-50-43)11-7-6-8-18-40/h14-17,23-24,27-32,52H,5-13,18-22H2,1-4H3,(H,45,53)(H,46,55)(H,47,56)(H,48,54)(H,58,59)(H4,41,42,44)/t24-,27?,28+,29+,30+,31+,32+/m0/s1. The van der Waals surface area contributed by atoms with Gasteiger partial charge in [-0.25, -0.2) is 4.79 Å². The minimum absolute atomic E-state index is 0.0119. The van der Waals surface area contributed by atoms with Crippen molar-refractivity contribution in [3.8, 4) is 5.75 Å². The Labute approximate surface area is 354 Å². The number of azide groups is 1. The van der Waals surface area contributed by atoms with Crippen LogP contribution in [-0.2, 0) is 35.2 Å². The molecule has 328 valence electrons. The van der Waals surface area contributed by atoms with Crippen molar-refractivity contribution in [3.05, 3.63) is 40.3 Å². The first-order valence-electron chi connectivity index (χ1n) is 20.2. The summed E-state index contributed by atoms with van der Waals surface area (Å²) in [5.41, 5.74) is 20.7. The van der Waals surface area contributed by atoms with Gasteiger partial charge in [0.25, 0.3) is 0 Å². The van der Waals surface area contributed by atoms with E-state index in [2.05, 4.69) is 52.2 Å². The van der Waals surface area contributed by atoms with Gasteiger partial charge in [0.05, 0.1) is 0 Å². The summed E-state index contributed by atoms with van der Waals surface area (Å²) in [7, 11) is 0. The number of aliphatic carboxylic acids is 1. The smallest absolute Gasteiger partial charge is 0.326 e. The maximum absolute atomic E-state index is 14.2. The van der Waals surface area contributed by atoms with Gasteiger partial charge in [0.1, 0.15) is 42.0 Å². The summed E-state index contributed by atoms with van der Waals surface area (Å²) in [5, 5.41) is 34.9.